The SMILES string of the molecule is CCCNC(=O)C(NC(=O)c1cccc(C)c1)C1CCN(C(=O)c2ccc(C)cc2)CC1. The third-order valence-corrected chi connectivity index (χ3v) is 6.00. The van der Waals surface area contributed by atoms with Gasteiger partial charge in [-0.15, -0.1) is 0 Å². The number of nitrogens with one attached hydrogen (secondary N) is 2. The Bertz CT molecular complexity index is 947. The van der Waals surface area contributed by atoms with E-state index in [0.717, 1.165) is 17.5 Å². The zero-order valence-electron chi connectivity index (χ0n) is 19.2. The summed E-state index contributed by atoms with van der Waals surface area (Å²) in [4.78, 5) is 40.4. The molecule has 32 heavy (non-hydrogen) atoms. The Hall–Kier alpha value is -3.15. The van der Waals surface area contributed by atoms with E-state index >= 15 is 0 Å². The van der Waals surface area contributed by atoms with Gasteiger partial charge in [-0.25, -0.2) is 0 Å². The maximum atomic E-state index is 12.9. The van der Waals surface area contributed by atoms with Crippen LogP contribution in [-0.4, -0.2) is 48.3 Å². The Morgan fingerprint density at radius 2 is 1.66 bits per heavy atom. The highest BCUT2D eigenvalue weighted by atomic mass is 16.2. The number of carbonyl (C=O) groups excluding carboxylic acids is 3. The van der Waals surface area contributed by atoms with Crippen molar-refractivity contribution in [3.05, 3.63) is 70.8 Å². The molecule has 0 aromatic heterocycles. The number of piperidine rings is 1. The Kier molecular flexibility index (Phi) is 8.03. The Balaban J connectivity index is 1.67. The van der Waals surface area contributed by atoms with Gasteiger partial charge in [0.05, 0.1) is 0 Å². The van der Waals surface area contributed by atoms with Crippen molar-refractivity contribution >= 4 is 17.7 Å². The van der Waals surface area contributed by atoms with Gasteiger partial charge >= 0.3 is 0 Å². The fourth-order valence-electron chi connectivity index (χ4n) is 4.08. The standard InChI is InChI=1S/C26H33N3O3/c1-4-14-27-25(31)23(28-24(30)22-7-5-6-19(3)17-22)20-12-15-29(16-13-20)26(32)21-10-8-18(2)9-11-21/h5-11,17,20,23H,4,12-16H2,1-3H3,(H,27,31)(H,28,30). The molecule has 3 rings (SSSR count). The molecule has 1 heterocycles. The summed E-state index contributed by atoms with van der Waals surface area (Å²) in [6.07, 6.45) is 2.15. The molecule has 0 aliphatic carbocycles. The molecule has 0 saturated carbocycles. The second-order valence-corrected chi connectivity index (χ2v) is 8.61. The van der Waals surface area contributed by atoms with E-state index in [-0.39, 0.29) is 23.6 Å². The summed E-state index contributed by atoms with van der Waals surface area (Å²) in [5, 5.41) is 5.90. The molecule has 1 fully saturated rings. The molecular formula is C26H33N3O3. The van der Waals surface area contributed by atoms with Crippen molar-refractivity contribution in [1.29, 1.82) is 0 Å². The second kappa shape index (κ2) is 10.9. The number of nitrogens with zero attached hydrogens (tertiary/aromatic N) is 1. The van der Waals surface area contributed by atoms with Crippen LogP contribution in [0.25, 0.3) is 0 Å². The molecule has 0 spiro atoms. The van der Waals surface area contributed by atoms with Gasteiger partial charge in [0.25, 0.3) is 11.8 Å². The van der Waals surface area contributed by atoms with Crippen molar-refractivity contribution in [1.82, 2.24) is 15.5 Å². The Morgan fingerprint density at radius 1 is 0.969 bits per heavy atom. The Labute approximate surface area is 190 Å². The van der Waals surface area contributed by atoms with Crippen LogP contribution in [0.5, 0.6) is 0 Å². The van der Waals surface area contributed by atoms with Gasteiger partial charge in [-0.05, 0) is 63.3 Å². The summed E-state index contributed by atoms with van der Waals surface area (Å²) in [7, 11) is 0. The molecule has 2 aromatic rings. The molecule has 1 saturated heterocycles. The molecule has 1 aliphatic heterocycles. The topological polar surface area (TPSA) is 78.5 Å². The van der Waals surface area contributed by atoms with Gasteiger partial charge in [0.15, 0.2) is 0 Å². The van der Waals surface area contributed by atoms with Crippen molar-refractivity contribution < 1.29 is 14.4 Å². The highest BCUT2D eigenvalue weighted by Gasteiger charge is 2.34. The van der Waals surface area contributed by atoms with Crippen LogP contribution in [-0.2, 0) is 4.79 Å². The number of likely N-dealkylation sites (tertiary alicyclic amines) is 1. The van der Waals surface area contributed by atoms with Crippen LogP contribution < -0.4 is 10.6 Å². The average molecular weight is 436 g/mol. The van der Waals surface area contributed by atoms with Crippen LogP contribution in [0.1, 0.15) is 58.0 Å². The van der Waals surface area contributed by atoms with Gasteiger partial charge < -0.3 is 15.5 Å². The predicted octanol–water partition coefficient (Wildman–Crippen LogP) is 3.48. The molecule has 6 heteroatoms. The number of carbonyl (C=O) groups is 3. The zero-order chi connectivity index (χ0) is 23.1. The van der Waals surface area contributed by atoms with Crippen molar-refractivity contribution in [3.63, 3.8) is 0 Å². The third-order valence-electron chi connectivity index (χ3n) is 6.00. The van der Waals surface area contributed by atoms with Crippen LogP contribution in [0.4, 0.5) is 0 Å². The van der Waals surface area contributed by atoms with Crippen molar-refractivity contribution in [2.45, 2.75) is 46.1 Å². The molecule has 1 atom stereocenters. The third kappa shape index (κ3) is 5.96. The van der Waals surface area contributed by atoms with Crippen LogP contribution >= 0.6 is 0 Å². The predicted molar refractivity (Wildman–Crippen MR) is 126 cm³/mol. The molecule has 3 amide bonds. The highest BCUT2D eigenvalue weighted by molar-refractivity contribution is 5.98. The first-order valence-electron chi connectivity index (χ1n) is 11.4. The number of benzene rings is 2. The minimum Gasteiger partial charge on any atom is -0.354 e. The van der Waals surface area contributed by atoms with Crippen molar-refractivity contribution in [2.24, 2.45) is 5.92 Å². The van der Waals surface area contributed by atoms with E-state index < -0.39 is 6.04 Å². The second-order valence-electron chi connectivity index (χ2n) is 8.61. The molecule has 0 radical (unpaired) electrons. The molecule has 2 N–H and O–H groups in total. The van der Waals surface area contributed by atoms with Crippen LogP contribution in [0.2, 0.25) is 0 Å². The van der Waals surface area contributed by atoms with Gasteiger partial charge in [-0.1, -0.05) is 42.3 Å². The molecule has 2 aromatic carbocycles. The summed E-state index contributed by atoms with van der Waals surface area (Å²) >= 11 is 0. The van der Waals surface area contributed by atoms with E-state index in [2.05, 4.69) is 10.6 Å². The van der Waals surface area contributed by atoms with E-state index in [9.17, 15) is 14.4 Å². The van der Waals surface area contributed by atoms with E-state index in [1.54, 1.807) is 6.07 Å². The summed E-state index contributed by atoms with van der Waals surface area (Å²) in [5.41, 5.74) is 3.34. The molecule has 6 nitrogen and oxygen atoms in total. The lowest BCUT2D eigenvalue weighted by atomic mass is 9.88. The largest absolute Gasteiger partial charge is 0.354 e. The summed E-state index contributed by atoms with van der Waals surface area (Å²) in [6, 6.07) is 14.3. The van der Waals surface area contributed by atoms with Gasteiger partial charge in [0.2, 0.25) is 5.91 Å². The van der Waals surface area contributed by atoms with Crippen LogP contribution in [0.15, 0.2) is 48.5 Å². The maximum absolute atomic E-state index is 12.9. The minimum absolute atomic E-state index is 0.0132. The van der Waals surface area contributed by atoms with Gasteiger partial charge in [-0.3, -0.25) is 14.4 Å². The van der Waals surface area contributed by atoms with Crippen LogP contribution in [0, 0.1) is 19.8 Å². The summed E-state index contributed by atoms with van der Waals surface area (Å²) in [6.45, 7) is 7.62. The molecule has 1 aliphatic rings. The number of hydrogen-bond acceptors (Lipinski definition) is 3. The first-order valence-corrected chi connectivity index (χ1v) is 11.4. The number of amides is 3. The molecular weight excluding hydrogens is 402 g/mol. The number of aryl methyl sites for hydroxylation is 2. The Morgan fingerprint density at radius 3 is 2.28 bits per heavy atom. The van der Waals surface area contributed by atoms with E-state index in [4.69, 9.17) is 0 Å². The first-order chi connectivity index (χ1) is 15.4. The molecule has 1 unspecified atom stereocenters. The van der Waals surface area contributed by atoms with E-state index in [1.165, 1.54) is 0 Å². The summed E-state index contributed by atoms with van der Waals surface area (Å²) in [5.74, 6) is -0.415. The number of rotatable bonds is 7. The first kappa shape index (κ1) is 23.5. The van der Waals surface area contributed by atoms with E-state index in [0.29, 0.717) is 43.6 Å². The van der Waals surface area contributed by atoms with Gasteiger partial charge in [0, 0.05) is 30.8 Å². The average Bonchev–Trinajstić information content (AvgIpc) is 2.81. The zero-order valence-corrected chi connectivity index (χ0v) is 19.2. The summed E-state index contributed by atoms with van der Waals surface area (Å²) < 4.78 is 0. The lowest BCUT2D eigenvalue weighted by Crippen LogP contribution is -2.54. The smallest absolute Gasteiger partial charge is 0.253 e. The van der Waals surface area contributed by atoms with Crippen molar-refractivity contribution in [3.8, 4) is 0 Å². The lowest BCUT2D eigenvalue weighted by Gasteiger charge is -2.36. The fourth-order valence-corrected chi connectivity index (χ4v) is 4.08. The van der Waals surface area contributed by atoms with Gasteiger partial charge in [0.1, 0.15) is 6.04 Å². The monoisotopic (exact) mass is 435 g/mol. The van der Waals surface area contributed by atoms with Gasteiger partial charge in [-0.2, -0.15) is 0 Å². The lowest BCUT2D eigenvalue weighted by molar-refractivity contribution is -0.124. The molecule has 170 valence electrons. The number of hydrogen-bond donors (Lipinski definition) is 2. The minimum atomic E-state index is -0.619. The maximum Gasteiger partial charge on any atom is 0.253 e. The van der Waals surface area contributed by atoms with Crippen molar-refractivity contribution in [2.75, 3.05) is 19.6 Å². The highest BCUT2D eigenvalue weighted by Crippen LogP contribution is 2.23. The quantitative estimate of drug-likeness (QED) is 0.699. The fraction of sp³-hybridized carbons (Fsp3) is 0.423. The normalized spacial score (nSPS) is 15.2. The molecule has 0 bridgehead atoms. The van der Waals surface area contributed by atoms with Crippen LogP contribution in [0.3, 0.4) is 0 Å². The van der Waals surface area contributed by atoms with E-state index in [1.807, 2.05) is 68.1 Å².